The molecule has 2 aromatic heterocycles. The molecule has 112 valence electrons. The third kappa shape index (κ3) is 2.43. The second-order valence-electron chi connectivity index (χ2n) is 6.17. The first-order valence-electron chi connectivity index (χ1n) is 7.79. The van der Waals surface area contributed by atoms with Crippen molar-refractivity contribution in [3.63, 3.8) is 0 Å². The molecule has 1 N–H and O–H groups in total. The Bertz CT molecular complexity index is 803. The summed E-state index contributed by atoms with van der Waals surface area (Å²) < 4.78 is 1.70. The van der Waals surface area contributed by atoms with Crippen molar-refractivity contribution >= 4 is 16.7 Å². The number of hydrogen-bond donors (Lipinski definition) is 1. The zero-order valence-corrected chi connectivity index (χ0v) is 12.8. The van der Waals surface area contributed by atoms with Gasteiger partial charge in [0.1, 0.15) is 5.82 Å². The summed E-state index contributed by atoms with van der Waals surface area (Å²) in [5.41, 5.74) is 2.26. The fourth-order valence-electron chi connectivity index (χ4n) is 2.51. The van der Waals surface area contributed by atoms with E-state index in [0.29, 0.717) is 17.9 Å². The molecule has 2 heterocycles. The lowest BCUT2D eigenvalue weighted by Gasteiger charge is -2.12. The number of rotatable bonds is 4. The summed E-state index contributed by atoms with van der Waals surface area (Å²) in [6.45, 7) is 4.41. The highest BCUT2D eigenvalue weighted by molar-refractivity contribution is 5.90. The molecule has 1 aromatic carbocycles. The molecule has 3 aromatic rings. The average molecular weight is 293 g/mol. The quantitative estimate of drug-likeness (QED) is 0.799. The molecule has 5 nitrogen and oxygen atoms in total. The molecule has 0 unspecified atom stereocenters. The zero-order chi connectivity index (χ0) is 15.1. The van der Waals surface area contributed by atoms with E-state index in [1.54, 1.807) is 10.9 Å². The molecule has 1 fully saturated rings. The predicted molar refractivity (Wildman–Crippen MR) is 87.4 cm³/mol. The normalized spacial score (nSPS) is 14.7. The van der Waals surface area contributed by atoms with Crippen LogP contribution in [0.4, 0.5) is 5.82 Å². The van der Waals surface area contributed by atoms with Gasteiger partial charge in [-0.05, 0) is 42.5 Å². The number of anilines is 1. The van der Waals surface area contributed by atoms with Crippen molar-refractivity contribution in [1.82, 2.24) is 19.7 Å². The highest BCUT2D eigenvalue weighted by atomic mass is 15.3. The molecule has 22 heavy (non-hydrogen) atoms. The number of hydrogen-bond acceptors (Lipinski definition) is 4. The van der Waals surface area contributed by atoms with Gasteiger partial charge in [0.2, 0.25) is 0 Å². The lowest BCUT2D eigenvalue weighted by atomic mass is 10.0. The Kier molecular flexibility index (Phi) is 3.06. The first-order valence-corrected chi connectivity index (χ1v) is 7.79. The van der Waals surface area contributed by atoms with Crippen LogP contribution in [0.5, 0.6) is 0 Å². The fourth-order valence-corrected chi connectivity index (χ4v) is 2.51. The SMILES string of the molecule is CC(C)c1ccc2nc(-n3cccn3)nc(NC3CC3)c2c1. The summed E-state index contributed by atoms with van der Waals surface area (Å²) in [5.74, 6) is 2.02. The van der Waals surface area contributed by atoms with Crippen molar-refractivity contribution in [2.75, 3.05) is 5.32 Å². The molecule has 0 radical (unpaired) electrons. The first kappa shape index (κ1) is 13.2. The van der Waals surface area contributed by atoms with E-state index in [0.717, 1.165) is 16.7 Å². The van der Waals surface area contributed by atoms with Crippen LogP contribution in [0.1, 0.15) is 38.2 Å². The second-order valence-corrected chi connectivity index (χ2v) is 6.17. The van der Waals surface area contributed by atoms with Crippen LogP contribution in [0.15, 0.2) is 36.7 Å². The maximum atomic E-state index is 4.70. The Morgan fingerprint density at radius 1 is 1.23 bits per heavy atom. The molecule has 1 saturated carbocycles. The lowest BCUT2D eigenvalue weighted by Crippen LogP contribution is -2.09. The Hall–Kier alpha value is -2.43. The van der Waals surface area contributed by atoms with Crippen molar-refractivity contribution in [2.24, 2.45) is 0 Å². The van der Waals surface area contributed by atoms with Gasteiger partial charge in [-0.1, -0.05) is 19.9 Å². The molecule has 0 bridgehead atoms. The van der Waals surface area contributed by atoms with E-state index in [9.17, 15) is 0 Å². The van der Waals surface area contributed by atoms with Gasteiger partial charge in [-0.3, -0.25) is 0 Å². The fraction of sp³-hybridized carbons (Fsp3) is 0.353. The van der Waals surface area contributed by atoms with Crippen LogP contribution in [0.3, 0.4) is 0 Å². The van der Waals surface area contributed by atoms with Crippen molar-refractivity contribution in [3.05, 3.63) is 42.2 Å². The van der Waals surface area contributed by atoms with Crippen molar-refractivity contribution in [2.45, 2.75) is 38.6 Å². The van der Waals surface area contributed by atoms with E-state index in [4.69, 9.17) is 4.98 Å². The number of nitrogens with zero attached hydrogens (tertiary/aromatic N) is 4. The molecule has 0 spiro atoms. The van der Waals surface area contributed by atoms with E-state index in [1.807, 2.05) is 12.3 Å². The maximum Gasteiger partial charge on any atom is 0.253 e. The number of benzene rings is 1. The Balaban J connectivity index is 1.89. The van der Waals surface area contributed by atoms with Gasteiger partial charge in [-0.2, -0.15) is 10.1 Å². The third-order valence-electron chi connectivity index (χ3n) is 4.00. The third-order valence-corrected chi connectivity index (χ3v) is 4.00. The van der Waals surface area contributed by atoms with Crippen LogP contribution in [-0.4, -0.2) is 25.8 Å². The van der Waals surface area contributed by atoms with Gasteiger partial charge in [-0.15, -0.1) is 0 Å². The highest BCUT2D eigenvalue weighted by Crippen LogP contribution is 2.30. The molecule has 4 rings (SSSR count). The van der Waals surface area contributed by atoms with Gasteiger partial charge in [0.15, 0.2) is 0 Å². The molecule has 0 saturated heterocycles. The van der Waals surface area contributed by atoms with Crippen LogP contribution in [-0.2, 0) is 0 Å². The summed E-state index contributed by atoms with van der Waals surface area (Å²) in [7, 11) is 0. The minimum absolute atomic E-state index is 0.490. The number of fused-ring (bicyclic) bond motifs is 1. The zero-order valence-electron chi connectivity index (χ0n) is 12.8. The monoisotopic (exact) mass is 293 g/mol. The molecular weight excluding hydrogens is 274 g/mol. The minimum Gasteiger partial charge on any atom is -0.367 e. The molecule has 1 aliphatic rings. The van der Waals surface area contributed by atoms with Gasteiger partial charge >= 0.3 is 0 Å². The van der Waals surface area contributed by atoms with E-state index in [1.165, 1.54) is 18.4 Å². The van der Waals surface area contributed by atoms with Gasteiger partial charge in [0, 0.05) is 23.8 Å². The van der Waals surface area contributed by atoms with E-state index < -0.39 is 0 Å². The van der Waals surface area contributed by atoms with Crippen LogP contribution >= 0.6 is 0 Å². The Labute approximate surface area is 129 Å². The molecule has 0 atom stereocenters. The smallest absolute Gasteiger partial charge is 0.253 e. The maximum absolute atomic E-state index is 4.70. The molecular formula is C17H19N5. The first-order chi connectivity index (χ1) is 10.7. The van der Waals surface area contributed by atoms with E-state index in [-0.39, 0.29) is 0 Å². The summed E-state index contributed by atoms with van der Waals surface area (Å²) in [6, 6.07) is 8.86. The van der Waals surface area contributed by atoms with Gasteiger partial charge < -0.3 is 5.32 Å². The minimum atomic E-state index is 0.490. The summed E-state index contributed by atoms with van der Waals surface area (Å²) in [5, 5.41) is 8.87. The summed E-state index contributed by atoms with van der Waals surface area (Å²) >= 11 is 0. The number of nitrogens with one attached hydrogen (secondary N) is 1. The van der Waals surface area contributed by atoms with Crippen molar-refractivity contribution in [1.29, 1.82) is 0 Å². The average Bonchev–Trinajstić information content (AvgIpc) is 3.16. The Morgan fingerprint density at radius 3 is 2.77 bits per heavy atom. The summed E-state index contributed by atoms with van der Waals surface area (Å²) in [4.78, 5) is 9.36. The number of aromatic nitrogens is 4. The topological polar surface area (TPSA) is 55.6 Å². The van der Waals surface area contributed by atoms with Gasteiger partial charge in [-0.25, -0.2) is 9.67 Å². The standard InChI is InChI=1S/C17H19N5/c1-11(2)12-4-7-15-14(10-12)16(19-13-5-6-13)21-17(20-15)22-9-3-8-18-22/h3-4,7-11,13H,5-6H2,1-2H3,(H,19,20,21). The predicted octanol–water partition coefficient (Wildman–Crippen LogP) is 3.51. The van der Waals surface area contributed by atoms with Crippen LogP contribution in [0.2, 0.25) is 0 Å². The molecule has 1 aliphatic carbocycles. The second kappa shape index (κ2) is 5.09. The van der Waals surface area contributed by atoms with Crippen LogP contribution in [0.25, 0.3) is 16.9 Å². The summed E-state index contributed by atoms with van der Waals surface area (Å²) in [6.07, 6.45) is 6.03. The molecule has 0 amide bonds. The van der Waals surface area contributed by atoms with Crippen molar-refractivity contribution < 1.29 is 0 Å². The largest absolute Gasteiger partial charge is 0.367 e. The molecule has 5 heteroatoms. The highest BCUT2D eigenvalue weighted by Gasteiger charge is 2.23. The van der Waals surface area contributed by atoms with Crippen molar-refractivity contribution in [3.8, 4) is 5.95 Å². The van der Waals surface area contributed by atoms with Gasteiger partial charge in [0.25, 0.3) is 5.95 Å². The van der Waals surface area contributed by atoms with E-state index in [2.05, 4.69) is 47.4 Å². The van der Waals surface area contributed by atoms with Crippen LogP contribution < -0.4 is 5.32 Å². The Morgan fingerprint density at radius 2 is 2.09 bits per heavy atom. The van der Waals surface area contributed by atoms with E-state index >= 15 is 0 Å². The molecule has 0 aliphatic heterocycles. The van der Waals surface area contributed by atoms with Crippen LogP contribution in [0, 0.1) is 0 Å². The van der Waals surface area contributed by atoms with Gasteiger partial charge in [0.05, 0.1) is 5.52 Å². The lowest BCUT2D eigenvalue weighted by molar-refractivity contribution is 0.815.